The number of nitrogens with two attached hydrogens (primary N) is 1. The number of nitro groups is 1. The minimum absolute atomic E-state index is 0.0386. The Morgan fingerprint density at radius 2 is 1.90 bits per heavy atom. The number of nitrogen functional groups attached to an aromatic ring is 1. The van der Waals surface area contributed by atoms with Gasteiger partial charge in [-0.25, -0.2) is 4.68 Å². The van der Waals surface area contributed by atoms with E-state index in [4.69, 9.17) is 28.9 Å². The fourth-order valence-electron chi connectivity index (χ4n) is 1.92. The molecule has 6 nitrogen and oxygen atoms in total. The number of benzene rings is 1. The Hall–Kier alpha value is -1.79. The summed E-state index contributed by atoms with van der Waals surface area (Å²) in [5, 5.41) is 16.3. The Balaban J connectivity index is 2.71. The summed E-state index contributed by atoms with van der Waals surface area (Å²) < 4.78 is 1.31. The molecule has 0 amide bonds. The van der Waals surface area contributed by atoms with Crippen LogP contribution in [-0.2, 0) is 5.41 Å². The number of rotatable bonds is 2. The lowest BCUT2D eigenvalue weighted by molar-refractivity contribution is -0.385. The van der Waals surface area contributed by atoms with E-state index >= 15 is 0 Å². The number of hydrogen-bond acceptors (Lipinski definition) is 4. The third kappa shape index (κ3) is 2.82. The molecule has 1 aromatic carbocycles. The third-order valence-corrected chi connectivity index (χ3v) is 3.67. The highest BCUT2D eigenvalue weighted by Gasteiger charge is 2.34. The van der Waals surface area contributed by atoms with Gasteiger partial charge in [-0.3, -0.25) is 10.1 Å². The average molecular weight is 329 g/mol. The molecule has 2 N–H and O–H groups in total. The molecule has 8 heteroatoms. The highest BCUT2D eigenvalue weighted by atomic mass is 35.5. The van der Waals surface area contributed by atoms with Gasteiger partial charge in [0.2, 0.25) is 5.82 Å². The van der Waals surface area contributed by atoms with Crippen LogP contribution in [-0.4, -0.2) is 14.7 Å². The van der Waals surface area contributed by atoms with Gasteiger partial charge in [0.1, 0.15) is 5.69 Å². The van der Waals surface area contributed by atoms with Crippen molar-refractivity contribution in [2.45, 2.75) is 26.2 Å². The van der Waals surface area contributed by atoms with Crippen molar-refractivity contribution >= 4 is 34.7 Å². The van der Waals surface area contributed by atoms with Gasteiger partial charge in [0.15, 0.2) is 0 Å². The molecule has 0 radical (unpaired) electrons. The van der Waals surface area contributed by atoms with Gasteiger partial charge >= 0.3 is 5.69 Å². The molecule has 0 aliphatic carbocycles. The molecule has 0 saturated heterocycles. The second kappa shape index (κ2) is 5.20. The van der Waals surface area contributed by atoms with Crippen LogP contribution in [0, 0.1) is 10.1 Å². The maximum absolute atomic E-state index is 11.3. The summed E-state index contributed by atoms with van der Waals surface area (Å²) in [5.41, 5.74) is 6.03. The molecule has 1 aromatic heterocycles. The van der Waals surface area contributed by atoms with Gasteiger partial charge in [0.25, 0.3) is 0 Å². The van der Waals surface area contributed by atoms with Gasteiger partial charge in [0.05, 0.1) is 20.7 Å². The van der Waals surface area contributed by atoms with Gasteiger partial charge in [-0.1, -0.05) is 44.0 Å². The monoisotopic (exact) mass is 328 g/mol. The van der Waals surface area contributed by atoms with E-state index in [2.05, 4.69) is 5.10 Å². The molecule has 0 spiro atoms. The summed E-state index contributed by atoms with van der Waals surface area (Å²) in [6.07, 6.45) is 0. The standard InChI is InChI=1S/C13H14Cl2N4O2/c1-13(2,3)11-10(19(20)21)12(16)18(17-11)7-4-5-8(14)9(15)6-7/h4-6H,16H2,1-3H3. The van der Waals surface area contributed by atoms with Crippen molar-refractivity contribution in [3.63, 3.8) is 0 Å². The van der Waals surface area contributed by atoms with Crippen molar-refractivity contribution in [1.82, 2.24) is 9.78 Å². The molecular formula is C13H14Cl2N4O2. The van der Waals surface area contributed by atoms with Crippen LogP contribution < -0.4 is 5.73 Å². The van der Waals surface area contributed by atoms with Crippen molar-refractivity contribution in [3.8, 4) is 5.69 Å². The lowest BCUT2D eigenvalue weighted by atomic mass is 9.91. The van der Waals surface area contributed by atoms with Gasteiger partial charge in [0, 0.05) is 5.41 Å². The van der Waals surface area contributed by atoms with E-state index in [1.165, 1.54) is 4.68 Å². The molecule has 0 bridgehead atoms. The summed E-state index contributed by atoms with van der Waals surface area (Å²) in [6, 6.07) is 4.79. The Morgan fingerprint density at radius 1 is 1.29 bits per heavy atom. The summed E-state index contributed by atoms with van der Waals surface area (Å²) in [6.45, 7) is 5.50. The van der Waals surface area contributed by atoms with Gasteiger partial charge in [-0.05, 0) is 18.2 Å². The van der Waals surface area contributed by atoms with Crippen LogP contribution in [0.3, 0.4) is 0 Å². The molecule has 2 aromatic rings. The van der Waals surface area contributed by atoms with Crippen molar-refractivity contribution in [1.29, 1.82) is 0 Å². The van der Waals surface area contributed by atoms with Crippen LogP contribution in [0.15, 0.2) is 18.2 Å². The molecule has 0 fully saturated rings. The molecule has 21 heavy (non-hydrogen) atoms. The molecule has 2 rings (SSSR count). The van der Waals surface area contributed by atoms with Gasteiger partial charge < -0.3 is 5.73 Å². The van der Waals surface area contributed by atoms with E-state index in [1.54, 1.807) is 18.2 Å². The molecule has 0 saturated carbocycles. The Kier molecular flexibility index (Phi) is 3.86. The first-order valence-corrected chi connectivity index (χ1v) is 6.87. The zero-order valence-electron chi connectivity index (χ0n) is 11.7. The minimum Gasteiger partial charge on any atom is -0.378 e. The Morgan fingerprint density at radius 3 is 2.33 bits per heavy atom. The Labute approximate surface area is 131 Å². The van der Waals surface area contributed by atoms with Crippen molar-refractivity contribution < 1.29 is 4.92 Å². The zero-order chi connectivity index (χ0) is 15.9. The second-order valence-corrected chi connectivity index (χ2v) is 6.41. The predicted molar refractivity (Wildman–Crippen MR) is 83.4 cm³/mol. The fourth-order valence-corrected chi connectivity index (χ4v) is 2.21. The fraction of sp³-hybridized carbons (Fsp3) is 0.308. The largest absolute Gasteiger partial charge is 0.378 e. The second-order valence-electron chi connectivity index (χ2n) is 5.60. The van der Waals surface area contributed by atoms with E-state index in [1.807, 2.05) is 20.8 Å². The molecule has 0 atom stereocenters. The maximum Gasteiger partial charge on any atom is 0.334 e. The van der Waals surface area contributed by atoms with E-state index in [9.17, 15) is 10.1 Å². The van der Waals surface area contributed by atoms with Crippen LogP contribution in [0.1, 0.15) is 26.5 Å². The predicted octanol–water partition coefficient (Wildman–Crippen LogP) is 3.97. The SMILES string of the molecule is CC(C)(C)c1nn(-c2ccc(Cl)c(Cl)c2)c(N)c1[N+](=O)[O-]. The summed E-state index contributed by atoms with van der Waals surface area (Å²) in [7, 11) is 0. The van der Waals surface area contributed by atoms with Crippen LogP contribution in [0.5, 0.6) is 0 Å². The first-order valence-electron chi connectivity index (χ1n) is 6.11. The molecule has 0 aliphatic rings. The van der Waals surface area contributed by atoms with Crippen molar-refractivity contribution in [3.05, 3.63) is 44.1 Å². The molecule has 0 unspecified atom stereocenters. The number of aromatic nitrogens is 2. The first kappa shape index (κ1) is 15.6. The molecule has 0 aliphatic heterocycles. The van der Waals surface area contributed by atoms with E-state index in [0.29, 0.717) is 21.4 Å². The lowest BCUT2D eigenvalue weighted by Crippen LogP contribution is -2.14. The highest BCUT2D eigenvalue weighted by molar-refractivity contribution is 6.42. The van der Waals surface area contributed by atoms with Gasteiger partial charge in [-0.15, -0.1) is 0 Å². The van der Waals surface area contributed by atoms with Crippen molar-refractivity contribution in [2.75, 3.05) is 5.73 Å². The Bertz CT molecular complexity index is 720. The average Bonchev–Trinajstić information content (AvgIpc) is 2.70. The van der Waals surface area contributed by atoms with Crippen molar-refractivity contribution in [2.24, 2.45) is 0 Å². The van der Waals surface area contributed by atoms with Crippen LogP contribution in [0.2, 0.25) is 10.0 Å². The highest BCUT2D eigenvalue weighted by Crippen LogP contribution is 2.36. The smallest absolute Gasteiger partial charge is 0.334 e. The maximum atomic E-state index is 11.3. The first-order chi connectivity index (χ1) is 9.62. The van der Waals surface area contributed by atoms with E-state index in [0.717, 1.165) is 0 Å². The van der Waals surface area contributed by atoms with E-state index < -0.39 is 10.3 Å². The van der Waals surface area contributed by atoms with Crippen LogP contribution >= 0.6 is 23.2 Å². The van der Waals surface area contributed by atoms with Crippen LogP contribution in [0.25, 0.3) is 5.69 Å². The number of anilines is 1. The minimum atomic E-state index is -0.517. The lowest BCUT2D eigenvalue weighted by Gasteiger charge is -2.13. The molecule has 1 heterocycles. The third-order valence-electron chi connectivity index (χ3n) is 2.94. The molecular weight excluding hydrogens is 315 g/mol. The normalized spacial score (nSPS) is 11.7. The summed E-state index contributed by atoms with van der Waals surface area (Å²) in [5.74, 6) is -0.0386. The number of hydrogen-bond donors (Lipinski definition) is 1. The van der Waals surface area contributed by atoms with Crippen LogP contribution in [0.4, 0.5) is 11.5 Å². The quantitative estimate of drug-likeness (QED) is 0.667. The zero-order valence-corrected chi connectivity index (χ0v) is 13.2. The topological polar surface area (TPSA) is 87.0 Å². The number of halogens is 2. The molecule has 112 valence electrons. The summed E-state index contributed by atoms with van der Waals surface area (Å²) in [4.78, 5) is 10.8. The van der Waals surface area contributed by atoms with E-state index in [-0.39, 0.29) is 11.5 Å². The number of nitrogens with zero attached hydrogens (tertiary/aromatic N) is 3. The summed E-state index contributed by atoms with van der Waals surface area (Å²) >= 11 is 11.8. The van der Waals surface area contributed by atoms with Gasteiger partial charge in [-0.2, -0.15) is 5.10 Å².